The molecule has 0 unspecified atom stereocenters. The van der Waals surface area contributed by atoms with E-state index >= 15 is 0 Å². The summed E-state index contributed by atoms with van der Waals surface area (Å²) in [6.45, 7) is 0. The highest BCUT2D eigenvalue weighted by Gasteiger charge is 2.02. The predicted octanol–water partition coefficient (Wildman–Crippen LogP) is 4.77. The first kappa shape index (κ1) is 15.9. The molecule has 5 aromatic rings. The van der Waals surface area contributed by atoms with Crippen molar-refractivity contribution in [3.8, 4) is 23.7 Å². The van der Waals surface area contributed by atoms with Crippen molar-refractivity contribution in [1.82, 2.24) is 9.97 Å². The van der Waals surface area contributed by atoms with E-state index in [1.165, 1.54) is 0 Å². The van der Waals surface area contributed by atoms with Gasteiger partial charge in [0, 0.05) is 11.1 Å². The molecular formula is C24H12N2O2. The molecule has 0 fully saturated rings. The van der Waals surface area contributed by atoms with Crippen LogP contribution < -0.4 is 0 Å². The molecule has 28 heavy (non-hydrogen) atoms. The number of nitrogens with zero attached hydrogens (tertiary/aromatic N) is 2. The summed E-state index contributed by atoms with van der Waals surface area (Å²) in [5.41, 5.74) is 4.78. The van der Waals surface area contributed by atoms with Crippen LogP contribution in [0.1, 0.15) is 22.9 Å². The normalized spacial score (nSPS) is 10.3. The Kier molecular flexibility index (Phi) is 3.87. The quantitative estimate of drug-likeness (QED) is 0.373. The van der Waals surface area contributed by atoms with Crippen LogP contribution in [0.2, 0.25) is 0 Å². The number of hydrogen-bond donors (Lipinski definition) is 0. The molecule has 2 heterocycles. The first-order chi connectivity index (χ1) is 13.8. The molecule has 2 aromatic heterocycles. The maximum absolute atomic E-state index is 5.60. The van der Waals surface area contributed by atoms with Crippen LogP contribution in [-0.4, -0.2) is 9.97 Å². The molecule has 0 bridgehead atoms. The summed E-state index contributed by atoms with van der Waals surface area (Å²) in [6.07, 6.45) is 0. The lowest BCUT2D eigenvalue weighted by atomic mass is 10.1. The second kappa shape index (κ2) is 6.79. The largest absolute Gasteiger partial charge is 0.430 e. The van der Waals surface area contributed by atoms with Crippen molar-refractivity contribution in [2.75, 3.05) is 0 Å². The molecule has 4 heteroatoms. The SMILES string of the molecule is C(#Cc1nc2ccccc2o1)c1ccc(C#Cc2nc3ccccc3o2)cc1. The van der Waals surface area contributed by atoms with E-state index in [0.717, 1.165) is 33.3 Å². The van der Waals surface area contributed by atoms with Gasteiger partial charge in [0.25, 0.3) is 11.8 Å². The molecule has 0 aliphatic carbocycles. The van der Waals surface area contributed by atoms with Crippen molar-refractivity contribution in [1.29, 1.82) is 0 Å². The summed E-state index contributed by atoms with van der Waals surface area (Å²) >= 11 is 0. The number of para-hydroxylation sites is 4. The lowest BCUT2D eigenvalue weighted by molar-refractivity contribution is 0.585. The summed E-state index contributed by atoms with van der Waals surface area (Å²) in [5, 5.41) is 0. The number of benzene rings is 3. The zero-order valence-corrected chi connectivity index (χ0v) is 14.6. The van der Waals surface area contributed by atoms with Crippen LogP contribution in [0.15, 0.2) is 81.6 Å². The van der Waals surface area contributed by atoms with Gasteiger partial charge in [0.15, 0.2) is 11.2 Å². The third-order valence-electron chi connectivity index (χ3n) is 4.10. The van der Waals surface area contributed by atoms with Crippen LogP contribution in [0, 0.1) is 23.7 Å². The van der Waals surface area contributed by atoms with Gasteiger partial charge in [-0.25, -0.2) is 9.97 Å². The Balaban J connectivity index is 1.35. The minimum Gasteiger partial charge on any atom is -0.430 e. The van der Waals surface area contributed by atoms with E-state index in [2.05, 4.69) is 33.6 Å². The van der Waals surface area contributed by atoms with Gasteiger partial charge in [-0.05, 0) is 60.4 Å². The maximum Gasteiger partial charge on any atom is 0.274 e. The van der Waals surface area contributed by atoms with Crippen LogP contribution in [0.4, 0.5) is 0 Å². The van der Waals surface area contributed by atoms with E-state index in [0.29, 0.717) is 11.8 Å². The predicted molar refractivity (Wildman–Crippen MR) is 106 cm³/mol. The summed E-state index contributed by atoms with van der Waals surface area (Å²) in [6, 6.07) is 22.8. The van der Waals surface area contributed by atoms with Gasteiger partial charge in [-0.15, -0.1) is 0 Å². The molecular weight excluding hydrogens is 348 g/mol. The summed E-state index contributed by atoms with van der Waals surface area (Å²) in [4.78, 5) is 8.69. The summed E-state index contributed by atoms with van der Waals surface area (Å²) < 4.78 is 11.2. The maximum atomic E-state index is 5.60. The zero-order valence-electron chi connectivity index (χ0n) is 14.6. The highest BCUT2D eigenvalue weighted by atomic mass is 16.3. The van der Waals surface area contributed by atoms with E-state index < -0.39 is 0 Å². The van der Waals surface area contributed by atoms with Crippen LogP contribution in [0.5, 0.6) is 0 Å². The van der Waals surface area contributed by atoms with Crippen molar-refractivity contribution >= 4 is 22.2 Å². The van der Waals surface area contributed by atoms with Crippen molar-refractivity contribution in [3.63, 3.8) is 0 Å². The average Bonchev–Trinajstić information content (AvgIpc) is 3.34. The highest BCUT2D eigenvalue weighted by molar-refractivity contribution is 5.73. The van der Waals surface area contributed by atoms with Gasteiger partial charge in [-0.1, -0.05) is 36.1 Å². The van der Waals surface area contributed by atoms with Gasteiger partial charge in [-0.2, -0.15) is 0 Å². The van der Waals surface area contributed by atoms with Crippen LogP contribution >= 0.6 is 0 Å². The summed E-state index contributed by atoms with van der Waals surface area (Å²) in [7, 11) is 0. The molecule has 5 rings (SSSR count). The molecule has 0 saturated carbocycles. The molecule has 0 aliphatic rings. The zero-order chi connectivity index (χ0) is 18.8. The van der Waals surface area contributed by atoms with Gasteiger partial charge < -0.3 is 8.83 Å². The minimum absolute atomic E-state index is 0.404. The lowest BCUT2D eigenvalue weighted by Crippen LogP contribution is -1.79. The fourth-order valence-electron chi connectivity index (χ4n) is 2.74. The standard InChI is InChI=1S/C24H12N2O2/c1-3-7-21-19(5-1)25-23(27-21)15-13-17-9-11-18(12-10-17)14-16-24-26-20-6-2-4-8-22(20)28-24/h1-12H. The van der Waals surface area contributed by atoms with Crippen LogP contribution in [0.3, 0.4) is 0 Å². The molecule has 0 spiro atoms. The Labute approximate surface area is 160 Å². The second-order valence-corrected chi connectivity index (χ2v) is 6.05. The second-order valence-electron chi connectivity index (χ2n) is 6.05. The van der Waals surface area contributed by atoms with E-state index in [9.17, 15) is 0 Å². The van der Waals surface area contributed by atoms with Crippen LogP contribution in [-0.2, 0) is 0 Å². The van der Waals surface area contributed by atoms with Gasteiger partial charge in [0.05, 0.1) is 0 Å². The Morgan fingerprint density at radius 3 is 1.36 bits per heavy atom. The number of rotatable bonds is 0. The fraction of sp³-hybridized carbons (Fsp3) is 0. The van der Waals surface area contributed by atoms with E-state index in [1.807, 2.05) is 72.8 Å². The molecule has 0 aliphatic heterocycles. The molecule has 0 radical (unpaired) electrons. The van der Waals surface area contributed by atoms with Gasteiger partial charge in [-0.3, -0.25) is 0 Å². The fourth-order valence-corrected chi connectivity index (χ4v) is 2.74. The van der Waals surface area contributed by atoms with Gasteiger partial charge in [0.2, 0.25) is 0 Å². The van der Waals surface area contributed by atoms with Crippen molar-refractivity contribution in [2.45, 2.75) is 0 Å². The van der Waals surface area contributed by atoms with Crippen molar-refractivity contribution in [2.24, 2.45) is 0 Å². The average molecular weight is 360 g/mol. The third kappa shape index (κ3) is 3.23. The van der Waals surface area contributed by atoms with E-state index in [-0.39, 0.29) is 0 Å². The number of aromatic nitrogens is 2. The monoisotopic (exact) mass is 360 g/mol. The molecule has 130 valence electrons. The van der Waals surface area contributed by atoms with Gasteiger partial charge >= 0.3 is 0 Å². The first-order valence-electron chi connectivity index (χ1n) is 8.69. The summed E-state index contributed by atoms with van der Waals surface area (Å²) in [5.74, 6) is 12.8. The molecule has 0 N–H and O–H groups in total. The number of hydrogen-bond acceptors (Lipinski definition) is 4. The Bertz CT molecular complexity index is 1240. The molecule has 0 amide bonds. The molecule has 3 aromatic carbocycles. The van der Waals surface area contributed by atoms with Crippen molar-refractivity contribution in [3.05, 3.63) is 95.7 Å². The smallest absolute Gasteiger partial charge is 0.274 e. The third-order valence-corrected chi connectivity index (χ3v) is 4.10. The topological polar surface area (TPSA) is 52.1 Å². The van der Waals surface area contributed by atoms with E-state index in [4.69, 9.17) is 8.83 Å². The number of fused-ring (bicyclic) bond motifs is 2. The number of oxazole rings is 2. The Morgan fingerprint density at radius 2 is 0.929 bits per heavy atom. The minimum atomic E-state index is 0.404. The lowest BCUT2D eigenvalue weighted by Gasteiger charge is -1.90. The highest BCUT2D eigenvalue weighted by Crippen LogP contribution is 2.15. The molecule has 4 nitrogen and oxygen atoms in total. The first-order valence-corrected chi connectivity index (χ1v) is 8.69. The molecule has 0 atom stereocenters. The molecule has 0 saturated heterocycles. The van der Waals surface area contributed by atoms with Crippen LogP contribution in [0.25, 0.3) is 22.2 Å². The Hall–Kier alpha value is -4.28. The van der Waals surface area contributed by atoms with E-state index in [1.54, 1.807) is 0 Å². The van der Waals surface area contributed by atoms with Gasteiger partial charge in [0.1, 0.15) is 11.0 Å². The van der Waals surface area contributed by atoms with Crippen molar-refractivity contribution < 1.29 is 8.83 Å². The Morgan fingerprint density at radius 1 is 0.500 bits per heavy atom.